The first kappa shape index (κ1) is 17.1. The second kappa shape index (κ2) is 6.86. The van der Waals surface area contributed by atoms with Gasteiger partial charge in [-0.15, -0.1) is 0 Å². The Morgan fingerprint density at radius 2 is 1.93 bits per heavy atom. The number of hydrogen-bond acceptors (Lipinski definition) is 4. The van der Waals surface area contributed by atoms with Crippen LogP contribution in [0, 0.1) is 0 Å². The van der Waals surface area contributed by atoms with Gasteiger partial charge in [-0.05, 0) is 42.2 Å². The first-order valence-corrected chi connectivity index (χ1v) is 9.56. The van der Waals surface area contributed by atoms with E-state index in [9.17, 15) is 0 Å². The van der Waals surface area contributed by atoms with Crippen molar-refractivity contribution < 1.29 is 4.74 Å². The molecule has 0 bridgehead atoms. The molecule has 0 saturated heterocycles. The number of aromatic nitrogens is 3. The molecule has 2 N–H and O–H groups in total. The number of benzene rings is 2. The van der Waals surface area contributed by atoms with Crippen molar-refractivity contribution in [1.29, 1.82) is 0 Å². The molecule has 4 aromatic rings. The Morgan fingerprint density at radius 3 is 2.75 bits per heavy atom. The molecule has 0 unspecified atom stereocenters. The molecule has 5 nitrogen and oxygen atoms in total. The summed E-state index contributed by atoms with van der Waals surface area (Å²) >= 11 is 0. The number of imidazole rings is 1. The first-order chi connectivity index (χ1) is 13.7. The first-order valence-electron chi connectivity index (χ1n) is 9.56. The molecule has 28 heavy (non-hydrogen) atoms. The summed E-state index contributed by atoms with van der Waals surface area (Å²) in [7, 11) is 1.68. The van der Waals surface area contributed by atoms with Gasteiger partial charge in [0.2, 0.25) is 0 Å². The fourth-order valence-electron chi connectivity index (χ4n) is 4.05. The van der Waals surface area contributed by atoms with E-state index in [1.165, 1.54) is 11.1 Å². The predicted octanol–water partition coefficient (Wildman–Crippen LogP) is 4.16. The van der Waals surface area contributed by atoms with Crippen LogP contribution in [0.2, 0.25) is 0 Å². The van der Waals surface area contributed by atoms with Gasteiger partial charge in [0.1, 0.15) is 5.69 Å². The van der Waals surface area contributed by atoms with E-state index in [0.29, 0.717) is 6.61 Å². The van der Waals surface area contributed by atoms with E-state index in [1.807, 2.05) is 34.8 Å². The molecule has 0 spiro atoms. The number of nitrogens with zero attached hydrogens (tertiary/aromatic N) is 3. The van der Waals surface area contributed by atoms with Crippen LogP contribution in [0.15, 0.2) is 60.7 Å². The van der Waals surface area contributed by atoms with Crippen molar-refractivity contribution in [1.82, 2.24) is 14.6 Å². The third-order valence-corrected chi connectivity index (χ3v) is 5.41. The number of ether oxygens (including phenoxy) is 1. The number of rotatable bonds is 4. The number of fused-ring (bicyclic) bond motifs is 2. The second-order valence-corrected chi connectivity index (χ2v) is 7.26. The molecule has 0 fully saturated rings. The van der Waals surface area contributed by atoms with Crippen molar-refractivity contribution in [2.75, 3.05) is 7.11 Å². The minimum absolute atomic E-state index is 0.150. The topological polar surface area (TPSA) is 65.4 Å². The molecule has 0 amide bonds. The van der Waals surface area contributed by atoms with Crippen LogP contribution in [0.25, 0.3) is 28.2 Å². The molecule has 2 aromatic carbocycles. The Kier molecular flexibility index (Phi) is 4.19. The Morgan fingerprint density at radius 1 is 1.07 bits per heavy atom. The maximum absolute atomic E-state index is 6.22. The summed E-state index contributed by atoms with van der Waals surface area (Å²) in [5.41, 5.74) is 14.6. The van der Waals surface area contributed by atoms with E-state index in [-0.39, 0.29) is 6.04 Å². The van der Waals surface area contributed by atoms with E-state index in [4.69, 9.17) is 20.6 Å². The van der Waals surface area contributed by atoms with E-state index >= 15 is 0 Å². The van der Waals surface area contributed by atoms with Gasteiger partial charge in [-0.1, -0.05) is 42.5 Å². The molecule has 1 aliphatic carbocycles. The molecular formula is C23H22N4O. The quantitative estimate of drug-likeness (QED) is 0.586. The van der Waals surface area contributed by atoms with Gasteiger partial charge >= 0.3 is 0 Å². The summed E-state index contributed by atoms with van der Waals surface area (Å²) in [6.07, 6.45) is 2.03. The highest BCUT2D eigenvalue weighted by atomic mass is 16.5. The molecule has 140 valence electrons. The van der Waals surface area contributed by atoms with Crippen LogP contribution in [0.3, 0.4) is 0 Å². The minimum atomic E-state index is 0.150. The van der Waals surface area contributed by atoms with Crippen molar-refractivity contribution >= 4 is 5.65 Å². The maximum Gasteiger partial charge on any atom is 0.154 e. The van der Waals surface area contributed by atoms with E-state index in [1.54, 1.807) is 7.11 Å². The largest absolute Gasteiger partial charge is 0.378 e. The predicted molar refractivity (Wildman–Crippen MR) is 110 cm³/mol. The Balaban J connectivity index is 1.74. The van der Waals surface area contributed by atoms with Crippen molar-refractivity contribution in [3.63, 3.8) is 0 Å². The number of aryl methyl sites for hydroxylation is 1. The SMILES string of the molecule is COCc1ccc2nc(-c3ccc4c(c3)CC[C@@H]4N)c(-c3ccccc3)n2n1. The van der Waals surface area contributed by atoms with Gasteiger partial charge in [0.15, 0.2) is 5.65 Å². The highest BCUT2D eigenvalue weighted by Gasteiger charge is 2.22. The lowest BCUT2D eigenvalue weighted by Gasteiger charge is -2.09. The number of hydrogen-bond donors (Lipinski definition) is 1. The fraction of sp³-hybridized carbons (Fsp3) is 0.217. The van der Waals surface area contributed by atoms with Gasteiger partial charge < -0.3 is 10.5 Å². The van der Waals surface area contributed by atoms with Crippen LogP contribution in [-0.2, 0) is 17.8 Å². The third kappa shape index (κ3) is 2.80. The standard InChI is InChI=1S/C23H22N4O/c1-28-14-18-9-12-21-25-22(17-7-10-19-16(13-17)8-11-20(19)24)23(27(21)26-18)15-5-3-2-4-6-15/h2-7,9-10,12-13,20H,8,11,14,24H2,1H3/t20-/m0/s1. The Hall–Kier alpha value is -3.02. The van der Waals surface area contributed by atoms with Gasteiger partial charge in [-0.25, -0.2) is 9.50 Å². The maximum atomic E-state index is 6.22. The summed E-state index contributed by atoms with van der Waals surface area (Å²) < 4.78 is 7.19. The Bertz CT molecular complexity index is 1150. The molecule has 1 aliphatic rings. The molecule has 1 atom stereocenters. The molecule has 0 saturated carbocycles. The van der Waals surface area contributed by atoms with Crippen LogP contribution >= 0.6 is 0 Å². The normalized spacial score (nSPS) is 15.9. The molecule has 2 heterocycles. The zero-order valence-electron chi connectivity index (χ0n) is 15.8. The number of nitrogens with two attached hydrogens (primary N) is 1. The van der Waals surface area contributed by atoms with Crippen LogP contribution < -0.4 is 5.73 Å². The van der Waals surface area contributed by atoms with E-state index < -0.39 is 0 Å². The molecule has 5 heteroatoms. The van der Waals surface area contributed by atoms with Gasteiger partial charge in [0.05, 0.1) is 18.0 Å². The molecule has 0 radical (unpaired) electrons. The highest BCUT2D eigenvalue weighted by Crippen LogP contribution is 2.36. The lowest BCUT2D eigenvalue weighted by molar-refractivity contribution is 0.180. The lowest BCUT2D eigenvalue weighted by atomic mass is 10.0. The van der Waals surface area contributed by atoms with Gasteiger partial charge in [0.25, 0.3) is 0 Å². The van der Waals surface area contributed by atoms with Crippen molar-refractivity contribution in [2.24, 2.45) is 5.73 Å². The van der Waals surface area contributed by atoms with E-state index in [0.717, 1.165) is 46.7 Å². The third-order valence-electron chi connectivity index (χ3n) is 5.41. The molecule has 2 aromatic heterocycles. The van der Waals surface area contributed by atoms with Gasteiger partial charge in [0, 0.05) is 24.3 Å². The van der Waals surface area contributed by atoms with E-state index in [2.05, 4.69) is 30.3 Å². The lowest BCUT2D eigenvalue weighted by Crippen LogP contribution is -2.04. The van der Waals surface area contributed by atoms with Crippen molar-refractivity contribution in [3.8, 4) is 22.5 Å². The summed E-state index contributed by atoms with van der Waals surface area (Å²) in [6.45, 7) is 0.467. The highest BCUT2D eigenvalue weighted by molar-refractivity contribution is 5.82. The van der Waals surface area contributed by atoms with Crippen molar-refractivity contribution in [2.45, 2.75) is 25.5 Å². The molecular weight excluding hydrogens is 348 g/mol. The van der Waals surface area contributed by atoms with Gasteiger partial charge in [-0.3, -0.25) is 0 Å². The summed E-state index contributed by atoms with van der Waals surface area (Å²) in [4.78, 5) is 4.93. The second-order valence-electron chi connectivity index (χ2n) is 7.26. The van der Waals surface area contributed by atoms with Gasteiger partial charge in [-0.2, -0.15) is 5.10 Å². The fourth-order valence-corrected chi connectivity index (χ4v) is 4.05. The van der Waals surface area contributed by atoms with Crippen LogP contribution in [0.4, 0.5) is 0 Å². The van der Waals surface area contributed by atoms with Crippen LogP contribution in [-0.4, -0.2) is 21.7 Å². The minimum Gasteiger partial charge on any atom is -0.378 e. The average molecular weight is 370 g/mol. The average Bonchev–Trinajstić information content (AvgIpc) is 3.29. The summed E-state index contributed by atoms with van der Waals surface area (Å²) in [5, 5.41) is 4.78. The zero-order valence-corrected chi connectivity index (χ0v) is 15.8. The zero-order chi connectivity index (χ0) is 19.1. The van der Waals surface area contributed by atoms with Crippen LogP contribution in [0.5, 0.6) is 0 Å². The van der Waals surface area contributed by atoms with Crippen LogP contribution in [0.1, 0.15) is 29.3 Å². The number of methoxy groups -OCH3 is 1. The smallest absolute Gasteiger partial charge is 0.154 e. The summed E-state index contributed by atoms with van der Waals surface area (Å²) in [6, 6.07) is 20.9. The van der Waals surface area contributed by atoms with Crippen molar-refractivity contribution in [3.05, 3.63) is 77.5 Å². The monoisotopic (exact) mass is 370 g/mol. The molecule has 5 rings (SSSR count). The Labute approximate surface area is 163 Å². The molecule has 0 aliphatic heterocycles. The summed E-state index contributed by atoms with van der Waals surface area (Å²) in [5.74, 6) is 0.